The maximum atomic E-state index is 5.47. The molecule has 0 rings (SSSR count). The molecule has 0 spiro atoms. The average Bonchev–Trinajstić information content (AvgIpc) is 2.21. The molecular formula is C12H28IN3O. The molecule has 0 saturated heterocycles. The van der Waals surface area contributed by atoms with Gasteiger partial charge in [0, 0.05) is 27.2 Å². The summed E-state index contributed by atoms with van der Waals surface area (Å²) in [7, 11) is 3.53. The molecule has 1 unspecified atom stereocenters. The van der Waals surface area contributed by atoms with E-state index in [4.69, 9.17) is 4.74 Å². The van der Waals surface area contributed by atoms with Gasteiger partial charge in [0.05, 0.1) is 6.10 Å². The van der Waals surface area contributed by atoms with Gasteiger partial charge >= 0.3 is 0 Å². The number of hydrogen-bond acceptors (Lipinski definition) is 2. The molecule has 5 heteroatoms. The van der Waals surface area contributed by atoms with Crippen LogP contribution in [0.3, 0.4) is 0 Å². The van der Waals surface area contributed by atoms with Gasteiger partial charge in [-0.2, -0.15) is 0 Å². The Morgan fingerprint density at radius 2 is 1.88 bits per heavy atom. The Morgan fingerprint density at radius 1 is 1.29 bits per heavy atom. The van der Waals surface area contributed by atoms with Gasteiger partial charge in [0.15, 0.2) is 5.96 Å². The lowest BCUT2D eigenvalue weighted by Crippen LogP contribution is -2.45. The second-order valence-electron chi connectivity index (χ2n) is 4.97. The van der Waals surface area contributed by atoms with Crippen LogP contribution in [0.25, 0.3) is 0 Å². The molecule has 4 nitrogen and oxygen atoms in total. The second kappa shape index (κ2) is 9.94. The summed E-state index contributed by atoms with van der Waals surface area (Å²) in [6.07, 6.45) is 1.26. The molecule has 0 fully saturated rings. The smallest absolute Gasteiger partial charge is 0.191 e. The van der Waals surface area contributed by atoms with Crippen LogP contribution in [0.1, 0.15) is 34.1 Å². The van der Waals surface area contributed by atoms with Crippen molar-refractivity contribution in [1.29, 1.82) is 0 Å². The van der Waals surface area contributed by atoms with Crippen molar-refractivity contribution >= 4 is 29.9 Å². The molecule has 0 aromatic rings. The molecule has 0 radical (unpaired) electrons. The standard InChI is InChI=1S/C12H27N3O.HI/c1-7-8-14-11(13-5)15-9-10(16-6)12(2,3)4;/h10H,7-9H2,1-6H3,(H2,13,14,15);1H. The lowest BCUT2D eigenvalue weighted by molar-refractivity contribution is 0.0205. The normalized spacial score (nSPS) is 13.9. The van der Waals surface area contributed by atoms with Crippen LogP contribution in [0.15, 0.2) is 4.99 Å². The van der Waals surface area contributed by atoms with Crippen molar-refractivity contribution in [1.82, 2.24) is 10.6 Å². The number of rotatable bonds is 5. The van der Waals surface area contributed by atoms with E-state index >= 15 is 0 Å². The maximum absolute atomic E-state index is 5.47. The SMILES string of the molecule is CCCNC(=NC)NCC(OC)C(C)(C)C.I. The molecule has 0 saturated carbocycles. The van der Waals surface area contributed by atoms with Gasteiger partial charge in [0.2, 0.25) is 0 Å². The van der Waals surface area contributed by atoms with Gasteiger partial charge in [0.1, 0.15) is 0 Å². The van der Waals surface area contributed by atoms with Crippen LogP contribution in [0.4, 0.5) is 0 Å². The first-order chi connectivity index (χ1) is 7.45. The van der Waals surface area contributed by atoms with E-state index in [0.717, 1.165) is 25.5 Å². The van der Waals surface area contributed by atoms with Gasteiger partial charge in [-0.15, -0.1) is 24.0 Å². The van der Waals surface area contributed by atoms with Crippen LogP contribution in [0.2, 0.25) is 0 Å². The third-order valence-corrected chi connectivity index (χ3v) is 2.47. The van der Waals surface area contributed by atoms with E-state index in [2.05, 4.69) is 43.3 Å². The molecule has 0 aromatic heterocycles. The number of nitrogens with one attached hydrogen (secondary N) is 2. The average molecular weight is 357 g/mol. The Bertz CT molecular complexity index is 214. The number of hydrogen-bond donors (Lipinski definition) is 2. The summed E-state index contributed by atoms with van der Waals surface area (Å²) < 4.78 is 5.47. The topological polar surface area (TPSA) is 45.7 Å². The Balaban J connectivity index is 0. The first-order valence-electron chi connectivity index (χ1n) is 5.93. The predicted molar refractivity (Wildman–Crippen MR) is 85.3 cm³/mol. The molecule has 0 amide bonds. The van der Waals surface area contributed by atoms with E-state index in [1.54, 1.807) is 14.2 Å². The molecule has 104 valence electrons. The van der Waals surface area contributed by atoms with Crippen molar-refractivity contribution in [2.75, 3.05) is 27.2 Å². The summed E-state index contributed by atoms with van der Waals surface area (Å²) in [6, 6.07) is 0. The van der Waals surface area contributed by atoms with E-state index in [-0.39, 0.29) is 35.5 Å². The summed E-state index contributed by atoms with van der Waals surface area (Å²) >= 11 is 0. The minimum absolute atomic E-state index is 0. The highest BCUT2D eigenvalue weighted by Gasteiger charge is 2.24. The van der Waals surface area contributed by atoms with E-state index in [9.17, 15) is 0 Å². The van der Waals surface area contributed by atoms with Crippen molar-refractivity contribution in [3.63, 3.8) is 0 Å². The molecule has 17 heavy (non-hydrogen) atoms. The Morgan fingerprint density at radius 3 is 2.24 bits per heavy atom. The maximum Gasteiger partial charge on any atom is 0.191 e. The van der Waals surface area contributed by atoms with Crippen LogP contribution < -0.4 is 10.6 Å². The van der Waals surface area contributed by atoms with Crippen molar-refractivity contribution in [3.05, 3.63) is 0 Å². The van der Waals surface area contributed by atoms with E-state index in [1.165, 1.54) is 0 Å². The number of guanidine groups is 1. The minimum Gasteiger partial charge on any atom is -0.379 e. The third kappa shape index (κ3) is 8.65. The zero-order valence-electron chi connectivity index (χ0n) is 12.0. The quantitative estimate of drug-likeness (QED) is 0.451. The highest BCUT2D eigenvalue weighted by atomic mass is 127. The van der Waals surface area contributed by atoms with Crippen LogP contribution in [-0.2, 0) is 4.74 Å². The van der Waals surface area contributed by atoms with Gasteiger partial charge in [0.25, 0.3) is 0 Å². The highest BCUT2D eigenvalue weighted by Crippen LogP contribution is 2.20. The molecule has 0 heterocycles. The van der Waals surface area contributed by atoms with Gasteiger partial charge in [-0.3, -0.25) is 4.99 Å². The number of halogens is 1. The first kappa shape index (κ1) is 19.3. The second-order valence-corrected chi connectivity index (χ2v) is 4.97. The molecule has 0 aliphatic rings. The summed E-state index contributed by atoms with van der Waals surface area (Å²) in [5.74, 6) is 0.841. The van der Waals surface area contributed by atoms with Gasteiger partial charge in [-0.1, -0.05) is 27.7 Å². The van der Waals surface area contributed by atoms with Crippen molar-refractivity contribution in [2.45, 2.75) is 40.2 Å². The molecule has 0 aliphatic carbocycles. The van der Waals surface area contributed by atoms with Gasteiger partial charge < -0.3 is 15.4 Å². The molecule has 0 aliphatic heterocycles. The summed E-state index contributed by atoms with van der Waals surface area (Å²) in [4.78, 5) is 4.15. The fourth-order valence-corrected chi connectivity index (χ4v) is 1.40. The molecule has 1 atom stereocenters. The van der Waals surface area contributed by atoms with Crippen LogP contribution in [0.5, 0.6) is 0 Å². The van der Waals surface area contributed by atoms with Gasteiger partial charge in [-0.05, 0) is 11.8 Å². The Labute approximate surface area is 123 Å². The van der Waals surface area contributed by atoms with E-state index in [0.29, 0.717) is 0 Å². The minimum atomic E-state index is 0. The number of nitrogens with zero attached hydrogens (tertiary/aromatic N) is 1. The zero-order valence-corrected chi connectivity index (χ0v) is 14.3. The molecular weight excluding hydrogens is 329 g/mol. The van der Waals surface area contributed by atoms with Crippen molar-refractivity contribution in [2.24, 2.45) is 10.4 Å². The van der Waals surface area contributed by atoms with Crippen molar-refractivity contribution in [3.8, 4) is 0 Å². The lowest BCUT2D eigenvalue weighted by atomic mass is 9.89. The monoisotopic (exact) mass is 357 g/mol. The zero-order chi connectivity index (χ0) is 12.6. The van der Waals surface area contributed by atoms with Gasteiger partial charge in [-0.25, -0.2) is 0 Å². The van der Waals surface area contributed by atoms with Crippen molar-refractivity contribution < 1.29 is 4.74 Å². The molecule has 0 aromatic carbocycles. The fraction of sp³-hybridized carbons (Fsp3) is 0.917. The lowest BCUT2D eigenvalue weighted by Gasteiger charge is -2.30. The summed E-state index contributed by atoms with van der Waals surface area (Å²) in [5.41, 5.74) is 0.130. The largest absolute Gasteiger partial charge is 0.379 e. The fourth-order valence-electron chi connectivity index (χ4n) is 1.40. The van der Waals surface area contributed by atoms with Crippen LogP contribution in [0, 0.1) is 5.41 Å². The number of methoxy groups -OCH3 is 1. The Hall–Kier alpha value is -0.0400. The highest BCUT2D eigenvalue weighted by molar-refractivity contribution is 14.0. The summed E-state index contributed by atoms with van der Waals surface area (Å²) in [6.45, 7) is 10.4. The Kier molecular flexibility index (Phi) is 11.3. The summed E-state index contributed by atoms with van der Waals surface area (Å²) in [5, 5.41) is 6.51. The predicted octanol–water partition coefficient (Wildman–Crippen LogP) is 2.24. The number of ether oxygens (including phenoxy) is 1. The van der Waals surface area contributed by atoms with Crippen LogP contribution in [-0.4, -0.2) is 39.3 Å². The van der Waals surface area contributed by atoms with E-state index < -0.39 is 0 Å². The third-order valence-electron chi connectivity index (χ3n) is 2.47. The molecule has 0 bridgehead atoms. The first-order valence-corrected chi connectivity index (χ1v) is 5.93. The molecule has 2 N–H and O–H groups in total. The van der Waals surface area contributed by atoms with Crippen LogP contribution >= 0.6 is 24.0 Å². The number of aliphatic imine (C=N–C) groups is 1. The van der Waals surface area contributed by atoms with E-state index in [1.807, 2.05) is 0 Å².